The summed E-state index contributed by atoms with van der Waals surface area (Å²) in [4.78, 5) is 17.1. The maximum atomic E-state index is 13.4. The molecule has 5 rings (SSSR count). The molecule has 3 aromatic heterocycles. The maximum Gasteiger partial charge on any atom is 0.234 e. The third-order valence-electron chi connectivity index (χ3n) is 5.23. The number of nitrogens with zero attached hydrogens (tertiary/aromatic N) is 6. The van der Waals surface area contributed by atoms with Crippen LogP contribution < -0.4 is 5.32 Å². The SMILES string of the molecule is Cc1nn(C)c2ncc(NC(=O)CSc3nnc(-c4ccc(F)cc4)n3-c3ccccc3)cc12. The van der Waals surface area contributed by atoms with Gasteiger partial charge in [0.25, 0.3) is 0 Å². The molecule has 8 nitrogen and oxygen atoms in total. The van der Waals surface area contributed by atoms with Crippen molar-refractivity contribution in [1.29, 1.82) is 0 Å². The Balaban J connectivity index is 1.37. The highest BCUT2D eigenvalue weighted by atomic mass is 32.2. The van der Waals surface area contributed by atoms with E-state index in [1.165, 1.54) is 23.9 Å². The van der Waals surface area contributed by atoms with Gasteiger partial charge in [-0.3, -0.25) is 14.0 Å². The van der Waals surface area contributed by atoms with E-state index in [2.05, 4.69) is 25.6 Å². The van der Waals surface area contributed by atoms with Gasteiger partial charge in [-0.15, -0.1) is 10.2 Å². The molecule has 0 radical (unpaired) electrons. The van der Waals surface area contributed by atoms with E-state index in [-0.39, 0.29) is 17.5 Å². The summed E-state index contributed by atoms with van der Waals surface area (Å²) in [6, 6.07) is 17.5. The number of hydrogen-bond acceptors (Lipinski definition) is 6. The number of rotatable bonds is 6. The lowest BCUT2D eigenvalue weighted by atomic mass is 10.2. The molecule has 0 aliphatic heterocycles. The second-order valence-electron chi connectivity index (χ2n) is 7.63. The molecule has 1 amide bonds. The molecule has 5 aromatic rings. The summed E-state index contributed by atoms with van der Waals surface area (Å²) < 4.78 is 17.0. The lowest BCUT2D eigenvalue weighted by Crippen LogP contribution is -2.14. The fraction of sp³-hybridized carbons (Fsp3) is 0.125. The van der Waals surface area contributed by atoms with Crippen LogP contribution in [0.1, 0.15) is 5.69 Å². The minimum Gasteiger partial charge on any atom is -0.324 e. The van der Waals surface area contributed by atoms with Crippen molar-refractivity contribution in [3.8, 4) is 17.1 Å². The van der Waals surface area contributed by atoms with Crippen LogP contribution in [0.15, 0.2) is 72.0 Å². The summed E-state index contributed by atoms with van der Waals surface area (Å²) in [6.07, 6.45) is 1.62. The Morgan fingerprint density at radius 3 is 2.62 bits per heavy atom. The number of amides is 1. The van der Waals surface area contributed by atoms with Gasteiger partial charge >= 0.3 is 0 Å². The van der Waals surface area contributed by atoms with Crippen molar-refractivity contribution >= 4 is 34.4 Å². The molecule has 10 heteroatoms. The van der Waals surface area contributed by atoms with Gasteiger partial charge in [-0.1, -0.05) is 30.0 Å². The number of pyridine rings is 1. The molecule has 0 saturated carbocycles. The number of benzene rings is 2. The highest BCUT2D eigenvalue weighted by Gasteiger charge is 2.18. The minimum atomic E-state index is -0.324. The number of anilines is 1. The molecule has 3 heterocycles. The number of aromatic nitrogens is 6. The van der Waals surface area contributed by atoms with Crippen molar-refractivity contribution in [2.75, 3.05) is 11.1 Å². The number of halogens is 1. The van der Waals surface area contributed by atoms with Crippen LogP contribution in [0.2, 0.25) is 0 Å². The molecule has 0 atom stereocenters. The summed E-state index contributed by atoms with van der Waals surface area (Å²) in [5.74, 6) is 0.169. The second-order valence-corrected chi connectivity index (χ2v) is 8.57. The molecule has 1 N–H and O–H groups in total. The fourth-order valence-electron chi connectivity index (χ4n) is 3.66. The van der Waals surface area contributed by atoms with Gasteiger partial charge in [0.05, 0.1) is 23.3 Å². The van der Waals surface area contributed by atoms with Crippen molar-refractivity contribution < 1.29 is 9.18 Å². The highest BCUT2D eigenvalue weighted by Crippen LogP contribution is 2.28. The van der Waals surface area contributed by atoms with E-state index >= 15 is 0 Å². The Kier molecular flexibility index (Phi) is 5.81. The lowest BCUT2D eigenvalue weighted by Gasteiger charge is -2.10. The van der Waals surface area contributed by atoms with E-state index in [0.29, 0.717) is 16.7 Å². The first-order valence-corrected chi connectivity index (χ1v) is 11.5. The summed E-state index contributed by atoms with van der Waals surface area (Å²) in [5.41, 5.74) is 3.77. The molecule has 0 aliphatic carbocycles. The maximum absolute atomic E-state index is 13.4. The highest BCUT2D eigenvalue weighted by molar-refractivity contribution is 7.99. The molecule has 0 aliphatic rings. The number of hydrogen-bond donors (Lipinski definition) is 1. The molecule has 34 heavy (non-hydrogen) atoms. The van der Waals surface area contributed by atoms with Crippen LogP contribution in [0.3, 0.4) is 0 Å². The third-order valence-corrected chi connectivity index (χ3v) is 6.16. The van der Waals surface area contributed by atoms with E-state index in [9.17, 15) is 9.18 Å². The number of carbonyl (C=O) groups is 1. The predicted molar refractivity (Wildman–Crippen MR) is 129 cm³/mol. The van der Waals surface area contributed by atoms with Crippen LogP contribution in [0.5, 0.6) is 0 Å². The number of para-hydroxylation sites is 1. The van der Waals surface area contributed by atoms with Crippen LogP contribution in [0, 0.1) is 12.7 Å². The first-order valence-electron chi connectivity index (χ1n) is 10.5. The largest absolute Gasteiger partial charge is 0.324 e. The summed E-state index contributed by atoms with van der Waals surface area (Å²) in [5, 5.41) is 17.3. The average molecular weight is 474 g/mol. The van der Waals surface area contributed by atoms with E-state index in [4.69, 9.17) is 0 Å². The van der Waals surface area contributed by atoms with Crippen LogP contribution in [0.25, 0.3) is 28.1 Å². The zero-order valence-electron chi connectivity index (χ0n) is 18.4. The number of nitrogens with one attached hydrogen (secondary N) is 1. The van der Waals surface area contributed by atoms with Gasteiger partial charge in [0.2, 0.25) is 5.91 Å². The zero-order valence-corrected chi connectivity index (χ0v) is 19.3. The lowest BCUT2D eigenvalue weighted by molar-refractivity contribution is -0.113. The van der Waals surface area contributed by atoms with Gasteiger partial charge in [-0.05, 0) is 49.4 Å². The number of fused-ring (bicyclic) bond motifs is 1. The van der Waals surface area contributed by atoms with E-state index < -0.39 is 0 Å². The molecule has 170 valence electrons. The van der Waals surface area contributed by atoms with Crippen LogP contribution in [-0.4, -0.2) is 41.2 Å². The number of carbonyl (C=O) groups excluding carboxylic acids is 1. The van der Waals surface area contributed by atoms with Crippen molar-refractivity contribution in [1.82, 2.24) is 29.5 Å². The van der Waals surface area contributed by atoms with Gasteiger partial charge in [-0.2, -0.15) is 5.10 Å². The third kappa shape index (κ3) is 4.27. The first kappa shape index (κ1) is 21.8. The smallest absolute Gasteiger partial charge is 0.234 e. The van der Waals surface area contributed by atoms with E-state index in [0.717, 1.165) is 28.0 Å². The van der Waals surface area contributed by atoms with Crippen LogP contribution >= 0.6 is 11.8 Å². The minimum absolute atomic E-state index is 0.123. The van der Waals surface area contributed by atoms with Gasteiger partial charge in [0.15, 0.2) is 16.6 Å². The monoisotopic (exact) mass is 473 g/mol. The topological polar surface area (TPSA) is 90.5 Å². The van der Waals surface area contributed by atoms with Gasteiger partial charge in [-0.25, -0.2) is 9.37 Å². The normalized spacial score (nSPS) is 11.1. The first-order chi connectivity index (χ1) is 16.5. The Morgan fingerprint density at radius 1 is 1.09 bits per heavy atom. The molecule has 0 unspecified atom stereocenters. The molecule has 2 aromatic carbocycles. The van der Waals surface area contributed by atoms with Crippen molar-refractivity contribution in [2.24, 2.45) is 7.05 Å². The second kappa shape index (κ2) is 9.06. The van der Waals surface area contributed by atoms with Gasteiger partial charge < -0.3 is 5.32 Å². The number of aryl methyl sites for hydroxylation is 2. The van der Waals surface area contributed by atoms with E-state index in [1.807, 2.05) is 54.9 Å². The Morgan fingerprint density at radius 2 is 1.85 bits per heavy atom. The van der Waals surface area contributed by atoms with Gasteiger partial charge in [0.1, 0.15) is 5.82 Å². The van der Waals surface area contributed by atoms with Crippen molar-refractivity contribution in [3.05, 3.63) is 78.4 Å². The Bertz CT molecular complexity index is 1480. The molecular formula is C24H20FN7OS. The zero-order chi connectivity index (χ0) is 23.7. The molecule has 0 fully saturated rings. The number of thioether (sulfide) groups is 1. The molecular weight excluding hydrogens is 453 g/mol. The predicted octanol–water partition coefficient (Wildman–Crippen LogP) is 4.39. The fourth-order valence-corrected chi connectivity index (χ4v) is 4.41. The quantitative estimate of drug-likeness (QED) is 0.368. The molecule has 0 spiro atoms. The van der Waals surface area contributed by atoms with Crippen molar-refractivity contribution in [2.45, 2.75) is 12.1 Å². The summed E-state index contributed by atoms with van der Waals surface area (Å²) >= 11 is 1.27. The summed E-state index contributed by atoms with van der Waals surface area (Å²) in [6.45, 7) is 1.90. The van der Waals surface area contributed by atoms with Crippen LogP contribution in [0.4, 0.5) is 10.1 Å². The van der Waals surface area contributed by atoms with Crippen LogP contribution in [-0.2, 0) is 11.8 Å². The van der Waals surface area contributed by atoms with Crippen molar-refractivity contribution in [3.63, 3.8) is 0 Å². The molecule has 0 saturated heterocycles. The Hall–Kier alpha value is -4.05. The van der Waals surface area contributed by atoms with Gasteiger partial charge in [0, 0.05) is 23.7 Å². The molecule has 0 bridgehead atoms. The van der Waals surface area contributed by atoms with E-state index in [1.54, 1.807) is 23.0 Å². The Labute approximate surface area is 198 Å². The average Bonchev–Trinajstić information content (AvgIpc) is 3.39. The summed E-state index contributed by atoms with van der Waals surface area (Å²) in [7, 11) is 1.83. The standard InChI is InChI=1S/C24H20FN7OS/c1-15-20-12-18(13-26-23(20)31(2)30-15)27-21(33)14-34-24-29-28-22(16-8-10-17(25)11-9-16)32(24)19-6-4-3-5-7-19/h3-13H,14H2,1-2H3,(H,27,33).